The molecule has 1 N–H and O–H groups in total. The van der Waals surface area contributed by atoms with Crippen molar-refractivity contribution >= 4 is 0 Å². The Bertz CT molecular complexity index is 329. The zero-order valence-corrected chi connectivity index (χ0v) is 11.6. The molecule has 2 aliphatic heterocycles. The number of hydrogen-bond donors (Lipinski definition) is 1. The summed E-state index contributed by atoms with van der Waals surface area (Å²) in [5.41, 5.74) is -0.374. The van der Waals surface area contributed by atoms with Crippen molar-refractivity contribution in [2.45, 2.75) is 70.1 Å². The molecule has 18 heavy (non-hydrogen) atoms. The normalized spacial score (nSPS) is 43.3. The van der Waals surface area contributed by atoms with Gasteiger partial charge in [-0.25, -0.2) is 0 Å². The molecule has 4 nitrogen and oxygen atoms in total. The molecule has 0 radical (unpaired) electrons. The van der Waals surface area contributed by atoms with E-state index in [4.69, 9.17) is 14.2 Å². The van der Waals surface area contributed by atoms with Crippen LogP contribution in [-0.2, 0) is 14.2 Å². The van der Waals surface area contributed by atoms with Crippen molar-refractivity contribution in [2.75, 3.05) is 13.2 Å². The van der Waals surface area contributed by atoms with Gasteiger partial charge in [-0.15, -0.1) is 0 Å². The van der Waals surface area contributed by atoms with E-state index in [1.54, 1.807) is 0 Å². The molecule has 0 aromatic carbocycles. The van der Waals surface area contributed by atoms with E-state index < -0.39 is 5.79 Å². The molecule has 3 fully saturated rings. The summed E-state index contributed by atoms with van der Waals surface area (Å²) in [7, 11) is 0. The Morgan fingerprint density at radius 1 is 1.17 bits per heavy atom. The molecule has 2 saturated heterocycles. The van der Waals surface area contributed by atoms with Crippen molar-refractivity contribution in [3.8, 4) is 0 Å². The lowest BCUT2D eigenvalue weighted by atomic mass is 9.74. The van der Waals surface area contributed by atoms with Gasteiger partial charge < -0.3 is 19.3 Å². The SMILES string of the molecule is CC(C)(C)[C@]12C[C@@H](O)C[C@@H]1OC1(CCOCC1)O2. The van der Waals surface area contributed by atoms with Gasteiger partial charge in [0.05, 0.1) is 25.4 Å². The molecule has 0 aromatic rings. The summed E-state index contributed by atoms with van der Waals surface area (Å²) in [6.07, 6.45) is 2.70. The van der Waals surface area contributed by atoms with Crippen LogP contribution in [0.15, 0.2) is 0 Å². The second-order valence-electron chi connectivity index (χ2n) is 6.96. The first-order valence-electron chi connectivity index (χ1n) is 7.01. The first-order chi connectivity index (χ1) is 8.37. The van der Waals surface area contributed by atoms with Crippen molar-refractivity contribution in [3.05, 3.63) is 0 Å². The molecule has 0 amide bonds. The fraction of sp³-hybridized carbons (Fsp3) is 1.00. The maximum Gasteiger partial charge on any atom is 0.174 e. The second-order valence-corrected chi connectivity index (χ2v) is 6.96. The lowest BCUT2D eigenvalue weighted by molar-refractivity contribution is -0.246. The van der Waals surface area contributed by atoms with E-state index in [1.165, 1.54) is 0 Å². The summed E-state index contributed by atoms with van der Waals surface area (Å²) in [4.78, 5) is 0. The Kier molecular flexibility index (Phi) is 2.80. The van der Waals surface area contributed by atoms with Gasteiger partial charge in [0.2, 0.25) is 0 Å². The minimum absolute atomic E-state index is 0.0191. The lowest BCUT2D eigenvalue weighted by Gasteiger charge is -2.42. The van der Waals surface area contributed by atoms with Gasteiger partial charge in [0.1, 0.15) is 5.60 Å². The highest BCUT2D eigenvalue weighted by atomic mass is 16.8. The minimum Gasteiger partial charge on any atom is -0.393 e. The molecular formula is C14H24O4. The highest BCUT2D eigenvalue weighted by molar-refractivity contribution is 5.11. The molecule has 0 aromatic heterocycles. The number of hydrogen-bond acceptors (Lipinski definition) is 4. The third-order valence-corrected chi connectivity index (χ3v) is 4.79. The van der Waals surface area contributed by atoms with Crippen LogP contribution in [-0.4, -0.2) is 41.9 Å². The summed E-state index contributed by atoms with van der Waals surface area (Å²) < 4.78 is 18.1. The Hall–Kier alpha value is -0.160. The summed E-state index contributed by atoms with van der Waals surface area (Å²) in [5, 5.41) is 9.97. The van der Waals surface area contributed by atoms with Gasteiger partial charge in [-0.05, 0) is 5.41 Å². The van der Waals surface area contributed by atoms with Crippen LogP contribution in [0.25, 0.3) is 0 Å². The Morgan fingerprint density at radius 2 is 1.83 bits per heavy atom. The standard InChI is InChI=1S/C14H24O4/c1-12(2,3)14-9-10(15)8-11(14)17-13(18-14)4-6-16-7-5-13/h10-11,15H,4-9H2,1-3H3/t10-,11-,14-/m0/s1. The van der Waals surface area contributed by atoms with E-state index in [2.05, 4.69) is 20.8 Å². The maximum absolute atomic E-state index is 9.97. The highest BCUT2D eigenvalue weighted by Gasteiger charge is 2.65. The van der Waals surface area contributed by atoms with Gasteiger partial charge in [-0.1, -0.05) is 20.8 Å². The van der Waals surface area contributed by atoms with E-state index in [-0.39, 0.29) is 23.2 Å². The highest BCUT2D eigenvalue weighted by Crippen LogP contribution is 2.56. The monoisotopic (exact) mass is 256 g/mol. The van der Waals surface area contributed by atoms with E-state index >= 15 is 0 Å². The van der Waals surface area contributed by atoms with E-state index in [9.17, 15) is 5.11 Å². The molecule has 104 valence electrons. The van der Waals surface area contributed by atoms with Crippen LogP contribution in [0, 0.1) is 5.41 Å². The smallest absolute Gasteiger partial charge is 0.174 e. The molecule has 1 aliphatic carbocycles. The van der Waals surface area contributed by atoms with Crippen LogP contribution in [0.5, 0.6) is 0 Å². The van der Waals surface area contributed by atoms with E-state index in [0.29, 0.717) is 26.1 Å². The predicted molar refractivity (Wildman–Crippen MR) is 66.2 cm³/mol. The van der Waals surface area contributed by atoms with Gasteiger partial charge in [-0.2, -0.15) is 0 Å². The molecular weight excluding hydrogens is 232 g/mol. The van der Waals surface area contributed by atoms with Crippen molar-refractivity contribution in [2.24, 2.45) is 5.41 Å². The third-order valence-electron chi connectivity index (χ3n) is 4.79. The topological polar surface area (TPSA) is 47.9 Å². The summed E-state index contributed by atoms with van der Waals surface area (Å²) in [5.74, 6) is -0.462. The number of rotatable bonds is 0. The average Bonchev–Trinajstić information content (AvgIpc) is 2.69. The van der Waals surface area contributed by atoms with E-state index in [1.807, 2.05) is 0 Å². The Labute approximate surface area is 109 Å². The van der Waals surface area contributed by atoms with Gasteiger partial charge in [0.15, 0.2) is 5.79 Å². The molecule has 4 heteroatoms. The zero-order chi connectivity index (χ0) is 13.0. The molecule has 1 saturated carbocycles. The van der Waals surface area contributed by atoms with Crippen molar-refractivity contribution in [3.63, 3.8) is 0 Å². The van der Waals surface area contributed by atoms with Crippen molar-refractivity contribution in [1.82, 2.24) is 0 Å². The van der Waals surface area contributed by atoms with E-state index in [0.717, 1.165) is 12.8 Å². The number of fused-ring (bicyclic) bond motifs is 1. The van der Waals surface area contributed by atoms with Crippen LogP contribution in [0.1, 0.15) is 46.5 Å². The molecule has 0 unspecified atom stereocenters. The number of ether oxygens (including phenoxy) is 3. The van der Waals surface area contributed by atoms with Gasteiger partial charge in [0.25, 0.3) is 0 Å². The van der Waals surface area contributed by atoms with Crippen LogP contribution in [0.3, 0.4) is 0 Å². The van der Waals surface area contributed by atoms with Crippen molar-refractivity contribution < 1.29 is 19.3 Å². The zero-order valence-electron chi connectivity index (χ0n) is 11.6. The van der Waals surface area contributed by atoms with Gasteiger partial charge in [-0.3, -0.25) is 0 Å². The molecule has 3 aliphatic rings. The number of aliphatic hydroxyl groups is 1. The lowest BCUT2D eigenvalue weighted by Crippen LogP contribution is -2.49. The second kappa shape index (κ2) is 3.92. The third kappa shape index (κ3) is 1.73. The fourth-order valence-electron chi connectivity index (χ4n) is 3.71. The van der Waals surface area contributed by atoms with Gasteiger partial charge in [0, 0.05) is 25.7 Å². The Morgan fingerprint density at radius 3 is 2.39 bits per heavy atom. The first-order valence-corrected chi connectivity index (χ1v) is 7.01. The maximum atomic E-state index is 9.97. The summed E-state index contributed by atoms with van der Waals surface area (Å²) in [6, 6.07) is 0. The van der Waals surface area contributed by atoms with Crippen LogP contribution >= 0.6 is 0 Å². The molecule has 0 bridgehead atoms. The minimum atomic E-state index is -0.462. The number of aliphatic hydroxyl groups excluding tert-OH is 1. The quantitative estimate of drug-likeness (QED) is 0.718. The first kappa shape index (κ1) is 12.9. The largest absolute Gasteiger partial charge is 0.393 e. The summed E-state index contributed by atoms with van der Waals surface area (Å²) >= 11 is 0. The van der Waals surface area contributed by atoms with Gasteiger partial charge >= 0.3 is 0 Å². The molecule has 1 spiro atoms. The predicted octanol–water partition coefficient (Wildman–Crippen LogP) is 1.85. The average molecular weight is 256 g/mol. The Balaban J connectivity index is 1.90. The van der Waals surface area contributed by atoms with Crippen LogP contribution in [0.2, 0.25) is 0 Å². The molecule has 3 rings (SSSR count). The fourth-order valence-corrected chi connectivity index (χ4v) is 3.71. The van der Waals surface area contributed by atoms with Crippen molar-refractivity contribution in [1.29, 1.82) is 0 Å². The van der Waals surface area contributed by atoms with Crippen LogP contribution in [0.4, 0.5) is 0 Å². The van der Waals surface area contributed by atoms with Crippen LogP contribution < -0.4 is 0 Å². The summed E-state index contributed by atoms with van der Waals surface area (Å²) in [6.45, 7) is 7.95. The molecule has 2 heterocycles. The molecule has 3 atom stereocenters.